The van der Waals surface area contributed by atoms with Crippen LogP contribution >= 0.6 is 0 Å². The van der Waals surface area contributed by atoms with Crippen LogP contribution in [0.2, 0.25) is 0 Å². The molecule has 0 radical (unpaired) electrons. The number of rotatable bonds is 7. The Labute approximate surface area is 169 Å². The second-order valence-electron chi connectivity index (χ2n) is 6.33. The van der Waals surface area contributed by atoms with E-state index < -0.39 is 23.7 Å². The van der Waals surface area contributed by atoms with E-state index >= 15 is 0 Å². The molecular formula is C22H17F3O5. The maximum absolute atomic E-state index is 13.9. The molecule has 0 bridgehead atoms. The van der Waals surface area contributed by atoms with Crippen LogP contribution in [0.15, 0.2) is 60.1 Å². The first-order valence-electron chi connectivity index (χ1n) is 8.93. The Kier molecular flexibility index (Phi) is 5.96. The maximum atomic E-state index is 13.9. The topological polar surface area (TPSA) is 65.7 Å². The minimum Gasteiger partial charge on any atom is -0.463 e. The summed E-state index contributed by atoms with van der Waals surface area (Å²) in [5, 5.41) is 0.751. The SMILES string of the molecule is C=CC(=O)OCCCc1ccc2c(oc3cc(OC(=O)C=C)ccc32)c1C(F)(F)F. The van der Waals surface area contributed by atoms with E-state index in [0.29, 0.717) is 10.8 Å². The van der Waals surface area contributed by atoms with Crippen LogP contribution in [0, 0.1) is 0 Å². The molecule has 0 N–H and O–H groups in total. The van der Waals surface area contributed by atoms with E-state index in [9.17, 15) is 22.8 Å². The highest BCUT2D eigenvalue weighted by atomic mass is 19.4. The molecule has 0 aliphatic heterocycles. The molecule has 3 rings (SSSR count). The van der Waals surface area contributed by atoms with Crippen LogP contribution in [0.25, 0.3) is 21.9 Å². The van der Waals surface area contributed by atoms with Crippen LogP contribution in [0.5, 0.6) is 5.75 Å². The Morgan fingerprint density at radius 3 is 2.40 bits per heavy atom. The summed E-state index contributed by atoms with van der Waals surface area (Å²) in [4.78, 5) is 22.4. The lowest BCUT2D eigenvalue weighted by molar-refractivity contribution is -0.139. The lowest BCUT2D eigenvalue weighted by atomic mass is 9.99. The second kappa shape index (κ2) is 8.44. The number of carbonyl (C=O) groups excluding carboxylic acids is 2. The van der Waals surface area contributed by atoms with E-state index in [1.807, 2.05) is 0 Å². The summed E-state index contributed by atoms with van der Waals surface area (Å²) >= 11 is 0. The minimum absolute atomic E-state index is 0.0294. The fourth-order valence-corrected chi connectivity index (χ4v) is 3.10. The van der Waals surface area contributed by atoms with Gasteiger partial charge in [0.2, 0.25) is 0 Å². The molecule has 0 aliphatic carbocycles. The van der Waals surface area contributed by atoms with Crippen molar-refractivity contribution in [3.8, 4) is 5.75 Å². The number of furan rings is 1. The molecule has 1 aromatic heterocycles. The van der Waals surface area contributed by atoms with Gasteiger partial charge in [-0.3, -0.25) is 0 Å². The van der Waals surface area contributed by atoms with Gasteiger partial charge in [0.15, 0.2) is 0 Å². The number of carbonyl (C=O) groups is 2. The third-order valence-corrected chi connectivity index (χ3v) is 4.37. The van der Waals surface area contributed by atoms with Crippen LogP contribution < -0.4 is 4.74 Å². The monoisotopic (exact) mass is 418 g/mol. The number of hydrogen-bond acceptors (Lipinski definition) is 5. The van der Waals surface area contributed by atoms with E-state index in [4.69, 9.17) is 13.9 Å². The number of esters is 2. The number of aryl methyl sites for hydroxylation is 1. The van der Waals surface area contributed by atoms with Gasteiger partial charge in [-0.05, 0) is 30.5 Å². The predicted octanol–water partition coefficient (Wildman–Crippen LogP) is 5.36. The van der Waals surface area contributed by atoms with Gasteiger partial charge in [0, 0.05) is 29.0 Å². The van der Waals surface area contributed by atoms with Crippen molar-refractivity contribution >= 4 is 33.9 Å². The number of hydrogen-bond donors (Lipinski definition) is 0. The first-order valence-corrected chi connectivity index (χ1v) is 8.93. The van der Waals surface area contributed by atoms with Gasteiger partial charge in [0.05, 0.1) is 6.61 Å². The summed E-state index contributed by atoms with van der Waals surface area (Å²) in [6.45, 7) is 6.52. The Morgan fingerprint density at radius 2 is 1.73 bits per heavy atom. The van der Waals surface area contributed by atoms with Gasteiger partial charge in [0.1, 0.15) is 22.5 Å². The molecule has 0 saturated heterocycles. The molecule has 0 amide bonds. The zero-order chi connectivity index (χ0) is 21.9. The lowest BCUT2D eigenvalue weighted by Crippen LogP contribution is -2.11. The molecule has 3 aromatic rings. The van der Waals surface area contributed by atoms with E-state index in [0.717, 1.165) is 12.2 Å². The third-order valence-electron chi connectivity index (χ3n) is 4.37. The lowest BCUT2D eigenvalue weighted by Gasteiger charge is -2.13. The number of halogens is 3. The first kappa shape index (κ1) is 21.2. The van der Waals surface area contributed by atoms with Gasteiger partial charge >= 0.3 is 18.1 Å². The van der Waals surface area contributed by atoms with Crippen LogP contribution in [0.4, 0.5) is 13.2 Å². The van der Waals surface area contributed by atoms with Gasteiger partial charge in [-0.15, -0.1) is 0 Å². The van der Waals surface area contributed by atoms with Crippen molar-refractivity contribution in [2.75, 3.05) is 6.61 Å². The fourth-order valence-electron chi connectivity index (χ4n) is 3.10. The maximum Gasteiger partial charge on any atom is 0.420 e. The smallest absolute Gasteiger partial charge is 0.420 e. The van der Waals surface area contributed by atoms with Crippen molar-refractivity contribution in [1.29, 1.82) is 0 Å². The molecule has 2 aromatic carbocycles. The normalized spacial score (nSPS) is 11.4. The predicted molar refractivity (Wildman–Crippen MR) is 104 cm³/mol. The van der Waals surface area contributed by atoms with Crippen molar-refractivity contribution < 1.29 is 36.7 Å². The molecule has 30 heavy (non-hydrogen) atoms. The van der Waals surface area contributed by atoms with Crippen molar-refractivity contribution in [2.24, 2.45) is 0 Å². The van der Waals surface area contributed by atoms with E-state index in [2.05, 4.69) is 13.2 Å². The minimum atomic E-state index is -4.65. The third kappa shape index (κ3) is 4.37. The van der Waals surface area contributed by atoms with E-state index in [1.54, 1.807) is 6.07 Å². The summed E-state index contributed by atoms with van der Waals surface area (Å²) in [6.07, 6.45) is -2.45. The Hall–Kier alpha value is -3.55. The van der Waals surface area contributed by atoms with Crippen molar-refractivity contribution in [2.45, 2.75) is 19.0 Å². The first-order chi connectivity index (χ1) is 14.2. The summed E-state index contributed by atoms with van der Waals surface area (Å²) in [6, 6.07) is 7.29. The second-order valence-corrected chi connectivity index (χ2v) is 6.33. The zero-order valence-corrected chi connectivity index (χ0v) is 15.8. The molecule has 0 spiro atoms. The quantitative estimate of drug-likeness (QED) is 0.224. The average Bonchev–Trinajstić information content (AvgIpc) is 3.06. The number of fused-ring (bicyclic) bond motifs is 3. The molecule has 8 heteroatoms. The molecule has 5 nitrogen and oxygen atoms in total. The van der Waals surface area contributed by atoms with Crippen LogP contribution in [0.3, 0.4) is 0 Å². The Balaban J connectivity index is 2.01. The highest BCUT2D eigenvalue weighted by Crippen LogP contribution is 2.42. The number of ether oxygens (including phenoxy) is 2. The van der Waals surface area contributed by atoms with Crippen LogP contribution in [-0.2, 0) is 26.9 Å². The molecule has 0 unspecified atom stereocenters. The summed E-state index contributed by atoms with van der Waals surface area (Å²) in [5.74, 6) is -1.20. The Bertz CT molecular complexity index is 1140. The van der Waals surface area contributed by atoms with Gasteiger partial charge < -0.3 is 13.9 Å². The fraction of sp³-hybridized carbons (Fsp3) is 0.182. The van der Waals surface area contributed by atoms with Crippen molar-refractivity contribution in [3.63, 3.8) is 0 Å². The zero-order valence-electron chi connectivity index (χ0n) is 15.8. The van der Waals surface area contributed by atoms with Crippen LogP contribution in [-0.4, -0.2) is 18.5 Å². The number of alkyl halides is 3. The van der Waals surface area contributed by atoms with Gasteiger partial charge in [-0.2, -0.15) is 13.2 Å². The molecule has 0 saturated carbocycles. The molecule has 156 valence electrons. The molecular weight excluding hydrogens is 401 g/mol. The van der Waals surface area contributed by atoms with Gasteiger partial charge in [-0.1, -0.05) is 25.3 Å². The summed E-state index contributed by atoms with van der Waals surface area (Å²) in [7, 11) is 0. The summed E-state index contributed by atoms with van der Waals surface area (Å²) < 4.78 is 56.9. The highest BCUT2D eigenvalue weighted by Gasteiger charge is 2.37. The van der Waals surface area contributed by atoms with Crippen molar-refractivity contribution in [3.05, 3.63) is 66.8 Å². The molecule has 0 fully saturated rings. The summed E-state index contributed by atoms with van der Waals surface area (Å²) in [5.41, 5.74) is -0.995. The largest absolute Gasteiger partial charge is 0.463 e. The van der Waals surface area contributed by atoms with E-state index in [1.165, 1.54) is 24.3 Å². The van der Waals surface area contributed by atoms with Crippen LogP contribution in [0.1, 0.15) is 17.5 Å². The van der Waals surface area contributed by atoms with Gasteiger partial charge in [0.25, 0.3) is 0 Å². The standard InChI is InChI=1S/C22H17F3O5/c1-3-18(26)28-11-5-6-13-7-9-16-15-10-8-14(29-19(27)4-2)12-17(15)30-21(16)20(13)22(23,24)25/h3-4,7-10,12H,1-2,5-6,11H2. The molecule has 0 aliphatic rings. The van der Waals surface area contributed by atoms with Crippen molar-refractivity contribution in [1.82, 2.24) is 0 Å². The van der Waals surface area contributed by atoms with Gasteiger partial charge in [-0.25, -0.2) is 9.59 Å². The number of benzene rings is 2. The molecule has 1 heterocycles. The molecule has 0 atom stereocenters. The highest BCUT2D eigenvalue weighted by molar-refractivity contribution is 6.06. The van der Waals surface area contributed by atoms with E-state index in [-0.39, 0.29) is 41.9 Å². The Morgan fingerprint density at radius 1 is 1.03 bits per heavy atom. The average molecular weight is 418 g/mol.